The van der Waals surface area contributed by atoms with Crippen molar-refractivity contribution in [3.63, 3.8) is 0 Å². The Kier molecular flexibility index (Phi) is 3.01. The van der Waals surface area contributed by atoms with E-state index in [2.05, 4.69) is 12.2 Å². The van der Waals surface area contributed by atoms with E-state index in [4.69, 9.17) is 10.9 Å². The van der Waals surface area contributed by atoms with Crippen LogP contribution in [0, 0.1) is 5.92 Å². The Morgan fingerprint density at radius 3 is 2.53 bits per heavy atom. The highest BCUT2D eigenvalue weighted by Gasteiger charge is 2.27. The van der Waals surface area contributed by atoms with Gasteiger partial charge in [-0.1, -0.05) is 0 Å². The lowest BCUT2D eigenvalue weighted by Gasteiger charge is -2.15. The van der Waals surface area contributed by atoms with Crippen molar-refractivity contribution in [2.24, 2.45) is 11.1 Å². The van der Waals surface area contributed by atoms with Gasteiger partial charge in [0.05, 0.1) is 5.69 Å². The number of rotatable bonds is 4. The van der Waals surface area contributed by atoms with Gasteiger partial charge in [0.15, 0.2) is 0 Å². The molecule has 1 aromatic carbocycles. The lowest BCUT2D eigenvalue weighted by atomic mass is 10.2. The van der Waals surface area contributed by atoms with Gasteiger partial charge in [-0.3, -0.25) is 0 Å². The second kappa shape index (κ2) is 4.19. The van der Waals surface area contributed by atoms with Crippen molar-refractivity contribution in [2.45, 2.75) is 30.7 Å². The molecule has 2 rings (SSSR count). The molecule has 6 heteroatoms. The zero-order valence-electron chi connectivity index (χ0n) is 9.68. The summed E-state index contributed by atoms with van der Waals surface area (Å²) in [5, 5.41) is 8.35. The van der Waals surface area contributed by atoms with Crippen LogP contribution in [0.4, 0.5) is 11.4 Å². The minimum absolute atomic E-state index is 0.0258. The molecule has 1 saturated carbocycles. The van der Waals surface area contributed by atoms with Gasteiger partial charge in [0.25, 0.3) is 0 Å². The Labute approximate surface area is 101 Å². The third kappa shape index (κ3) is 2.89. The monoisotopic (exact) mass is 255 g/mol. The molecule has 17 heavy (non-hydrogen) atoms. The summed E-state index contributed by atoms with van der Waals surface area (Å²) in [6.45, 7) is 2.11. The summed E-state index contributed by atoms with van der Waals surface area (Å²) in [4.78, 5) is -0.0258. The maximum atomic E-state index is 11.2. The average Bonchev–Trinajstić information content (AvgIpc) is 2.98. The van der Waals surface area contributed by atoms with Gasteiger partial charge in [-0.15, -0.1) is 0 Å². The van der Waals surface area contributed by atoms with E-state index >= 15 is 0 Å². The molecule has 1 aliphatic rings. The van der Waals surface area contributed by atoms with Gasteiger partial charge >= 0.3 is 0 Å². The number of hydrogen-bond donors (Lipinski definition) is 3. The highest BCUT2D eigenvalue weighted by Crippen LogP contribution is 2.34. The highest BCUT2D eigenvalue weighted by molar-refractivity contribution is 7.89. The standard InChI is InChI=1S/C11H17N3O2S/c1-7(8-2-3-8)14-9-4-5-11(10(12)6-9)17(13,15)16/h4-8,14H,2-3,12H2,1H3,(H2,13,15,16). The predicted octanol–water partition coefficient (Wildman–Crippen LogP) is 1.13. The molecule has 1 atom stereocenters. The van der Waals surface area contributed by atoms with Crippen LogP contribution in [-0.4, -0.2) is 14.5 Å². The van der Waals surface area contributed by atoms with Crippen molar-refractivity contribution >= 4 is 21.4 Å². The number of primary sulfonamides is 1. The third-order valence-electron chi connectivity index (χ3n) is 3.04. The van der Waals surface area contributed by atoms with Crippen molar-refractivity contribution in [3.8, 4) is 0 Å². The van der Waals surface area contributed by atoms with Crippen LogP contribution in [0.25, 0.3) is 0 Å². The summed E-state index contributed by atoms with van der Waals surface area (Å²) in [5.74, 6) is 0.717. The summed E-state index contributed by atoms with van der Waals surface area (Å²) in [6, 6.07) is 5.12. The molecule has 94 valence electrons. The van der Waals surface area contributed by atoms with Crippen LogP contribution in [0.5, 0.6) is 0 Å². The summed E-state index contributed by atoms with van der Waals surface area (Å²) in [5.41, 5.74) is 6.68. The van der Waals surface area contributed by atoms with Gasteiger partial charge in [0, 0.05) is 11.7 Å². The molecular weight excluding hydrogens is 238 g/mol. The van der Waals surface area contributed by atoms with E-state index in [-0.39, 0.29) is 10.6 Å². The molecule has 5 nitrogen and oxygen atoms in total. The average molecular weight is 255 g/mol. The van der Waals surface area contributed by atoms with Crippen LogP contribution in [-0.2, 0) is 10.0 Å². The minimum atomic E-state index is -3.74. The van der Waals surface area contributed by atoms with E-state index in [0.717, 1.165) is 5.69 Å². The molecule has 1 fully saturated rings. The van der Waals surface area contributed by atoms with Crippen LogP contribution < -0.4 is 16.2 Å². The smallest absolute Gasteiger partial charge is 0.240 e. The van der Waals surface area contributed by atoms with Crippen molar-refractivity contribution < 1.29 is 8.42 Å². The fourth-order valence-electron chi connectivity index (χ4n) is 1.87. The van der Waals surface area contributed by atoms with Crippen LogP contribution in [0.2, 0.25) is 0 Å². The number of benzene rings is 1. The molecular formula is C11H17N3O2S. The second-order valence-corrected chi connectivity index (χ2v) is 6.10. The first kappa shape index (κ1) is 12.2. The summed E-state index contributed by atoms with van der Waals surface area (Å²) in [7, 11) is -3.74. The largest absolute Gasteiger partial charge is 0.398 e. The number of sulfonamides is 1. The Balaban J connectivity index is 2.18. The lowest BCUT2D eigenvalue weighted by molar-refractivity contribution is 0.598. The van der Waals surface area contributed by atoms with E-state index in [0.29, 0.717) is 12.0 Å². The molecule has 0 bridgehead atoms. The zero-order chi connectivity index (χ0) is 12.6. The SMILES string of the molecule is CC(Nc1ccc(S(N)(=O)=O)c(N)c1)C1CC1. The van der Waals surface area contributed by atoms with Crippen LogP contribution in [0.15, 0.2) is 23.1 Å². The molecule has 0 aliphatic heterocycles. The van der Waals surface area contributed by atoms with Gasteiger partial charge < -0.3 is 11.1 Å². The van der Waals surface area contributed by atoms with Gasteiger partial charge in [-0.2, -0.15) is 0 Å². The van der Waals surface area contributed by atoms with Crippen LogP contribution >= 0.6 is 0 Å². The normalized spacial score (nSPS) is 17.8. The molecule has 1 unspecified atom stereocenters. The molecule has 0 saturated heterocycles. The highest BCUT2D eigenvalue weighted by atomic mass is 32.2. The lowest BCUT2D eigenvalue weighted by Crippen LogP contribution is -2.18. The Morgan fingerprint density at radius 1 is 1.41 bits per heavy atom. The zero-order valence-corrected chi connectivity index (χ0v) is 10.5. The van der Waals surface area contributed by atoms with Gasteiger partial charge in [-0.25, -0.2) is 13.6 Å². The summed E-state index contributed by atoms with van der Waals surface area (Å²) in [6.07, 6.45) is 2.50. The molecule has 0 spiro atoms. The second-order valence-electron chi connectivity index (χ2n) is 4.57. The molecule has 1 aromatic rings. The van der Waals surface area contributed by atoms with E-state index in [1.54, 1.807) is 12.1 Å². The molecule has 1 aliphatic carbocycles. The van der Waals surface area contributed by atoms with Gasteiger partial charge in [0.2, 0.25) is 10.0 Å². The van der Waals surface area contributed by atoms with Gasteiger partial charge in [0.1, 0.15) is 4.90 Å². The third-order valence-corrected chi connectivity index (χ3v) is 4.02. The van der Waals surface area contributed by atoms with E-state index in [1.807, 2.05) is 0 Å². The van der Waals surface area contributed by atoms with Crippen molar-refractivity contribution in [1.82, 2.24) is 0 Å². The Bertz CT molecular complexity index is 524. The molecule has 0 aromatic heterocycles. The minimum Gasteiger partial charge on any atom is -0.398 e. The maximum Gasteiger partial charge on any atom is 0.240 e. The van der Waals surface area contributed by atoms with E-state index in [9.17, 15) is 8.42 Å². The number of hydrogen-bond acceptors (Lipinski definition) is 4. The molecule has 0 heterocycles. The van der Waals surface area contributed by atoms with Crippen molar-refractivity contribution in [1.29, 1.82) is 0 Å². The van der Waals surface area contributed by atoms with E-state index in [1.165, 1.54) is 18.9 Å². The van der Waals surface area contributed by atoms with Crippen LogP contribution in [0.3, 0.4) is 0 Å². The fourth-order valence-corrected chi connectivity index (χ4v) is 2.52. The fraction of sp³-hybridized carbons (Fsp3) is 0.455. The predicted molar refractivity (Wildman–Crippen MR) is 68.0 cm³/mol. The first-order valence-corrected chi connectivity index (χ1v) is 7.11. The van der Waals surface area contributed by atoms with Crippen LogP contribution in [0.1, 0.15) is 19.8 Å². The summed E-state index contributed by atoms with van der Waals surface area (Å²) < 4.78 is 22.4. The maximum absolute atomic E-state index is 11.2. The van der Waals surface area contributed by atoms with E-state index < -0.39 is 10.0 Å². The molecule has 0 radical (unpaired) electrons. The first-order valence-electron chi connectivity index (χ1n) is 5.57. The quantitative estimate of drug-likeness (QED) is 0.702. The van der Waals surface area contributed by atoms with Crippen molar-refractivity contribution in [3.05, 3.63) is 18.2 Å². The first-order chi connectivity index (χ1) is 7.88. The van der Waals surface area contributed by atoms with Gasteiger partial charge in [-0.05, 0) is 43.9 Å². The number of nitrogen functional groups attached to an aromatic ring is 1. The number of anilines is 2. The summed E-state index contributed by atoms with van der Waals surface area (Å²) >= 11 is 0. The number of nitrogens with two attached hydrogens (primary N) is 2. The van der Waals surface area contributed by atoms with Crippen molar-refractivity contribution in [2.75, 3.05) is 11.1 Å². The Morgan fingerprint density at radius 2 is 2.06 bits per heavy atom. The topological polar surface area (TPSA) is 98.2 Å². The molecule has 0 amide bonds. The Hall–Kier alpha value is -1.27. The molecule has 5 N–H and O–H groups in total. The number of nitrogens with one attached hydrogen (secondary N) is 1.